The number of rotatable bonds is 10. The van der Waals surface area contributed by atoms with E-state index in [-0.39, 0.29) is 25.3 Å². The summed E-state index contributed by atoms with van der Waals surface area (Å²) in [6, 6.07) is 1.11. The number of aldehydes is 1. The van der Waals surface area contributed by atoms with E-state index >= 15 is 0 Å². The fraction of sp³-hybridized carbons (Fsp3) is 0.588. The predicted octanol–water partition coefficient (Wildman–Crippen LogP) is -0.630. The lowest BCUT2D eigenvalue weighted by Gasteiger charge is -2.21. The normalized spacial score (nSPS) is 22.5. The van der Waals surface area contributed by atoms with Gasteiger partial charge in [0.05, 0.1) is 6.61 Å². The van der Waals surface area contributed by atoms with Gasteiger partial charge in [0.25, 0.3) is 0 Å². The molecule has 0 aliphatic carbocycles. The van der Waals surface area contributed by atoms with Crippen LogP contribution in [0, 0.1) is 0 Å². The van der Waals surface area contributed by atoms with Gasteiger partial charge < -0.3 is 25.0 Å². The molecule has 13 heteroatoms. The van der Waals surface area contributed by atoms with Crippen molar-refractivity contribution in [3.63, 3.8) is 0 Å². The van der Waals surface area contributed by atoms with Crippen molar-refractivity contribution >= 4 is 24.0 Å². The Balaban J connectivity index is 1.90. The smallest absolute Gasteiger partial charge is 0.351 e. The maximum atomic E-state index is 14.1. The predicted molar refractivity (Wildman–Crippen MR) is 94.6 cm³/mol. The van der Waals surface area contributed by atoms with E-state index in [0.29, 0.717) is 23.7 Å². The number of unbranched alkanes of at least 4 members (excludes halogenated alkanes) is 1. The Kier molecular flexibility index (Phi) is 8.08. The van der Waals surface area contributed by atoms with Crippen molar-refractivity contribution in [1.82, 2.24) is 9.55 Å². The number of carbonyl (C=O) groups is 3. The van der Waals surface area contributed by atoms with Crippen LogP contribution in [-0.4, -0.2) is 69.3 Å². The summed E-state index contributed by atoms with van der Waals surface area (Å²) in [7, 11) is 0. The zero-order chi connectivity index (χ0) is 22.3. The summed E-state index contributed by atoms with van der Waals surface area (Å²) in [6.07, 6.45) is -3.96. The minimum absolute atomic E-state index is 0.0000943. The summed E-state index contributed by atoms with van der Waals surface area (Å²) in [5.74, 6) is -5.09. The third-order valence-electron chi connectivity index (χ3n) is 4.26. The van der Waals surface area contributed by atoms with Gasteiger partial charge in [0.2, 0.25) is 12.1 Å². The molecule has 0 spiro atoms. The molecule has 0 radical (unpaired) electrons. The molecule has 1 aliphatic rings. The van der Waals surface area contributed by atoms with Crippen LogP contribution in [0.5, 0.6) is 0 Å². The number of carbonyl (C=O) groups excluding carboxylic acids is 3. The van der Waals surface area contributed by atoms with E-state index in [0.717, 1.165) is 12.3 Å². The molecule has 0 unspecified atom stereocenters. The molecular formula is C17H21F2N3O8. The molecular weight excluding hydrogens is 412 g/mol. The zero-order valence-corrected chi connectivity index (χ0v) is 15.7. The van der Waals surface area contributed by atoms with Crippen molar-refractivity contribution in [3.05, 3.63) is 22.7 Å². The van der Waals surface area contributed by atoms with Gasteiger partial charge in [0.15, 0.2) is 12.4 Å². The molecule has 3 N–H and O–H groups in total. The van der Waals surface area contributed by atoms with E-state index in [4.69, 9.17) is 9.84 Å². The third-order valence-corrected chi connectivity index (χ3v) is 4.26. The molecule has 1 amide bonds. The van der Waals surface area contributed by atoms with Gasteiger partial charge in [-0.05, 0) is 18.9 Å². The Labute approximate surface area is 168 Å². The van der Waals surface area contributed by atoms with Gasteiger partial charge in [-0.3, -0.25) is 19.0 Å². The Morgan fingerprint density at radius 1 is 1.37 bits per heavy atom. The number of anilines is 1. The highest BCUT2D eigenvalue weighted by atomic mass is 19.3. The lowest BCUT2D eigenvalue weighted by atomic mass is 10.1. The second-order valence-electron chi connectivity index (χ2n) is 6.44. The van der Waals surface area contributed by atoms with E-state index in [1.807, 2.05) is 0 Å². The van der Waals surface area contributed by atoms with Gasteiger partial charge in [-0.2, -0.15) is 13.8 Å². The molecule has 2 heterocycles. The molecule has 2 rings (SSSR count). The first-order chi connectivity index (χ1) is 14.2. The molecule has 1 saturated heterocycles. The van der Waals surface area contributed by atoms with Crippen LogP contribution in [0.2, 0.25) is 0 Å². The van der Waals surface area contributed by atoms with Gasteiger partial charge in [0.1, 0.15) is 18.5 Å². The second kappa shape index (κ2) is 10.3. The summed E-state index contributed by atoms with van der Waals surface area (Å²) in [4.78, 5) is 48.7. The number of alkyl halides is 2. The van der Waals surface area contributed by atoms with Gasteiger partial charge in [-0.25, -0.2) is 4.79 Å². The lowest BCUT2D eigenvalue weighted by Crippen LogP contribution is -2.41. The topological polar surface area (TPSA) is 157 Å². The molecule has 3 atom stereocenters. The summed E-state index contributed by atoms with van der Waals surface area (Å²) >= 11 is 0. The molecule has 0 saturated carbocycles. The van der Waals surface area contributed by atoms with Crippen molar-refractivity contribution in [2.45, 2.75) is 50.0 Å². The Morgan fingerprint density at radius 3 is 2.67 bits per heavy atom. The van der Waals surface area contributed by atoms with Crippen molar-refractivity contribution in [2.24, 2.45) is 0 Å². The number of aliphatic hydroxyl groups excluding tert-OH is 2. The van der Waals surface area contributed by atoms with Gasteiger partial charge in [-0.1, -0.05) is 0 Å². The number of nitrogens with one attached hydrogen (secondary N) is 1. The molecule has 1 aliphatic heterocycles. The minimum Gasteiger partial charge on any atom is -0.458 e. The first kappa shape index (κ1) is 23.5. The molecule has 1 aromatic heterocycles. The lowest BCUT2D eigenvalue weighted by molar-refractivity contribution is -0.145. The minimum atomic E-state index is -3.84. The highest BCUT2D eigenvalue weighted by Crippen LogP contribution is 2.41. The number of nitrogens with zero attached hydrogens (tertiary/aromatic N) is 2. The second-order valence-corrected chi connectivity index (χ2v) is 6.44. The Hall–Kier alpha value is -2.77. The number of amides is 1. The first-order valence-electron chi connectivity index (χ1n) is 9.01. The Morgan fingerprint density at radius 2 is 2.07 bits per heavy atom. The molecule has 166 valence electrons. The SMILES string of the molecule is O=CCOC(=O)CCCCC(=O)Nc1ccn([C@@H]2O[C@H](CO)[C@@H](O)C2(F)F)c(=O)n1. The van der Waals surface area contributed by atoms with Gasteiger partial charge >= 0.3 is 17.6 Å². The average molecular weight is 433 g/mol. The number of ether oxygens (including phenoxy) is 2. The van der Waals surface area contributed by atoms with Crippen LogP contribution in [0.1, 0.15) is 31.9 Å². The third kappa shape index (κ3) is 5.64. The van der Waals surface area contributed by atoms with Crippen LogP contribution in [0.3, 0.4) is 0 Å². The summed E-state index contributed by atoms with van der Waals surface area (Å²) in [5.41, 5.74) is -1.15. The number of halogens is 2. The fourth-order valence-electron chi connectivity index (χ4n) is 2.74. The maximum Gasteiger partial charge on any atom is 0.351 e. The Bertz CT molecular complexity index is 831. The average Bonchev–Trinajstić information content (AvgIpc) is 2.93. The molecule has 1 fully saturated rings. The van der Waals surface area contributed by atoms with Crippen LogP contribution in [0.4, 0.5) is 14.6 Å². The van der Waals surface area contributed by atoms with Gasteiger partial charge in [-0.15, -0.1) is 0 Å². The summed E-state index contributed by atoms with van der Waals surface area (Å²) in [6.45, 7) is -1.19. The van der Waals surface area contributed by atoms with Crippen molar-refractivity contribution < 1.29 is 42.9 Å². The highest BCUT2D eigenvalue weighted by molar-refractivity contribution is 5.89. The van der Waals surface area contributed by atoms with Crippen molar-refractivity contribution in [3.8, 4) is 0 Å². The molecule has 0 bridgehead atoms. The van der Waals surface area contributed by atoms with Gasteiger partial charge in [0, 0.05) is 19.0 Å². The van der Waals surface area contributed by atoms with Crippen LogP contribution in [0.15, 0.2) is 17.1 Å². The van der Waals surface area contributed by atoms with E-state index in [9.17, 15) is 33.1 Å². The van der Waals surface area contributed by atoms with E-state index in [1.54, 1.807) is 0 Å². The summed E-state index contributed by atoms with van der Waals surface area (Å²) in [5, 5.41) is 20.8. The van der Waals surface area contributed by atoms with E-state index in [1.165, 1.54) is 0 Å². The van der Waals surface area contributed by atoms with Crippen LogP contribution >= 0.6 is 0 Å². The molecule has 0 aromatic carbocycles. The molecule has 11 nitrogen and oxygen atoms in total. The number of esters is 1. The van der Waals surface area contributed by atoms with E-state index < -0.39 is 48.5 Å². The first-order valence-corrected chi connectivity index (χ1v) is 9.01. The standard InChI is InChI=1S/C17H21F2N3O8/c18-17(19)14(27)10(9-24)30-15(17)22-6-5-11(21-16(22)28)20-12(25)3-1-2-4-13(26)29-8-7-23/h5-7,10,14-15,24,27H,1-4,8-9H2,(H,20,21,25,28)/t10-,14-,15-/m1/s1. The number of hydrogen-bond acceptors (Lipinski definition) is 9. The largest absolute Gasteiger partial charge is 0.458 e. The zero-order valence-electron chi connectivity index (χ0n) is 15.7. The number of hydrogen-bond donors (Lipinski definition) is 3. The van der Waals surface area contributed by atoms with E-state index in [2.05, 4.69) is 15.0 Å². The van der Waals surface area contributed by atoms with Crippen LogP contribution < -0.4 is 11.0 Å². The highest BCUT2D eigenvalue weighted by Gasteiger charge is 2.59. The van der Waals surface area contributed by atoms with Crippen molar-refractivity contribution in [2.75, 3.05) is 18.5 Å². The monoisotopic (exact) mass is 433 g/mol. The van der Waals surface area contributed by atoms with Crippen LogP contribution in [-0.2, 0) is 23.9 Å². The number of aromatic nitrogens is 2. The maximum absolute atomic E-state index is 14.1. The summed E-state index contributed by atoms with van der Waals surface area (Å²) < 4.78 is 38.1. The quantitative estimate of drug-likeness (QED) is 0.248. The number of aliphatic hydroxyl groups is 2. The fourth-order valence-corrected chi connectivity index (χ4v) is 2.74. The molecule has 1 aromatic rings. The molecule has 30 heavy (non-hydrogen) atoms. The van der Waals surface area contributed by atoms with Crippen LogP contribution in [0.25, 0.3) is 0 Å². The van der Waals surface area contributed by atoms with Crippen molar-refractivity contribution in [1.29, 1.82) is 0 Å².